The second kappa shape index (κ2) is 10.4. The maximum Gasteiger partial charge on any atom is 0.267 e. The number of nitrogens with one attached hydrogen (secondary N) is 1. The summed E-state index contributed by atoms with van der Waals surface area (Å²) in [5, 5.41) is 7.18. The average molecular weight is 421 g/mol. The normalized spacial score (nSPS) is 11.6. The lowest BCUT2D eigenvalue weighted by Gasteiger charge is -2.15. The zero-order valence-corrected chi connectivity index (χ0v) is 18.0. The number of benzene rings is 2. The minimum absolute atomic E-state index is 0.300. The van der Waals surface area contributed by atoms with Crippen molar-refractivity contribution < 1.29 is 14.3 Å². The van der Waals surface area contributed by atoms with Gasteiger partial charge >= 0.3 is 0 Å². The summed E-state index contributed by atoms with van der Waals surface area (Å²) in [5.41, 5.74) is 2.33. The molecule has 0 spiro atoms. The first-order valence-electron chi connectivity index (χ1n) is 10.3. The third-order valence-electron chi connectivity index (χ3n) is 4.72. The monoisotopic (exact) mass is 421 g/mol. The van der Waals surface area contributed by atoms with Gasteiger partial charge in [-0.3, -0.25) is 9.59 Å². The van der Waals surface area contributed by atoms with Crippen LogP contribution in [0.3, 0.4) is 0 Å². The largest absolute Gasteiger partial charge is 0.494 e. The van der Waals surface area contributed by atoms with E-state index >= 15 is 0 Å². The van der Waals surface area contributed by atoms with Crippen molar-refractivity contribution in [1.82, 2.24) is 15.1 Å². The molecule has 3 aromatic rings. The zero-order valence-electron chi connectivity index (χ0n) is 18.0. The molecule has 1 N–H and O–H groups in total. The molecule has 1 atom stereocenters. The standard InChI is InChI=1S/C24H27N3O4/c1-4-30-20-9-11-21(12-10-20)31-16-15-25-24(29)18(3)27-23(28)14-13-22(26-27)19-7-5-17(2)6-8-19/h5-14,18H,4,15-16H2,1-3H3,(H,25,29). The molecule has 3 rings (SSSR count). The maximum absolute atomic E-state index is 12.5. The quantitative estimate of drug-likeness (QED) is 0.536. The van der Waals surface area contributed by atoms with E-state index in [1.807, 2.05) is 62.4 Å². The van der Waals surface area contributed by atoms with Gasteiger partial charge in [0.15, 0.2) is 0 Å². The van der Waals surface area contributed by atoms with E-state index in [0.717, 1.165) is 16.9 Å². The summed E-state index contributed by atoms with van der Waals surface area (Å²) in [7, 11) is 0. The number of rotatable bonds is 9. The molecule has 0 saturated heterocycles. The lowest BCUT2D eigenvalue weighted by Crippen LogP contribution is -2.38. The van der Waals surface area contributed by atoms with E-state index in [-0.39, 0.29) is 11.5 Å². The van der Waals surface area contributed by atoms with Crippen LogP contribution in [0.5, 0.6) is 11.5 Å². The number of ether oxygens (including phenoxy) is 2. The first-order valence-corrected chi connectivity index (χ1v) is 10.3. The highest BCUT2D eigenvalue weighted by molar-refractivity contribution is 5.79. The number of hydrogen-bond donors (Lipinski definition) is 1. The van der Waals surface area contributed by atoms with E-state index in [9.17, 15) is 9.59 Å². The molecule has 1 heterocycles. The molecule has 162 valence electrons. The van der Waals surface area contributed by atoms with Crippen LogP contribution in [0.15, 0.2) is 65.5 Å². The van der Waals surface area contributed by atoms with Gasteiger partial charge < -0.3 is 14.8 Å². The van der Waals surface area contributed by atoms with Gasteiger partial charge in [0.1, 0.15) is 24.1 Å². The number of hydrogen-bond acceptors (Lipinski definition) is 5. The molecule has 0 aliphatic rings. The fourth-order valence-electron chi connectivity index (χ4n) is 2.98. The van der Waals surface area contributed by atoms with E-state index in [2.05, 4.69) is 10.4 Å². The van der Waals surface area contributed by atoms with E-state index in [4.69, 9.17) is 9.47 Å². The molecule has 7 heteroatoms. The first kappa shape index (κ1) is 22.1. The van der Waals surface area contributed by atoms with Crippen molar-refractivity contribution in [1.29, 1.82) is 0 Å². The second-order valence-corrected chi connectivity index (χ2v) is 7.09. The molecule has 1 aromatic heterocycles. The summed E-state index contributed by atoms with van der Waals surface area (Å²) >= 11 is 0. The summed E-state index contributed by atoms with van der Waals surface area (Å²) in [5.74, 6) is 1.17. The molecule has 31 heavy (non-hydrogen) atoms. The molecule has 0 bridgehead atoms. The van der Waals surface area contributed by atoms with E-state index in [0.29, 0.717) is 31.2 Å². The van der Waals surface area contributed by atoms with Gasteiger partial charge in [0, 0.05) is 11.6 Å². The molecule has 7 nitrogen and oxygen atoms in total. The smallest absolute Gasteiger partial charge is 0.267 e. The summed E-state index contributed by atoms with van der Waals surface area (Å²) in [6.45, 7) is 6.80. The molecular weight excluding hydrogens is 394 g/mol. The highest BCUT2D eigenvalue weighted by atomic mass is 16.5. The predicted octanol–water partition coefficient (Wildman–Crippen LogP) is 3.37. The fourth-order valence-corrected chi connectivity index (χ4v) is 2.98. The molecule has 0 saturated carbocycles. The van der Waals surface area contributed by atoms with Gasteiger partial charge in [-0.05, 0) is 51.1 Å². The van der Waals surface area contributed by atoms with Gasteiger partial charge in [-0.1, -0.05) is 29.8 Å². The lowest BCUT2D eigenvalue weighted by molar-refractivity contribution is -0.124. The van der Waals surface area contributed by atoms with Crippen LogP contribution in [-0.4, -0.2) is 35.4 Å². The molecule has 0 radical (unpaired) electrons. The highest BCUT2D eigenvalue weighted by Crippen LogP contribution is 2.18. The van der Waals surface area contributed by atoms with Crippen molar-refractivity contribution in [3.8, 4) is 22.8 Å². The summed E-state index contributed by atoms with van der Waals surface area (Å²) < 4.78 is 12.2. The number of amides is 1. The Kier molecular flexibility index (Phi) is 7.43. The molecular formula is C24H27N3O4. The number of carbonyl (C=O) groups is 1. The van der Waals surface area contributed by atoms with Crippen LogP contribution >= 0.6 is 0 Å². The summed E-state index contributed by atoms with van der Waals surface area (Å²) in [4.78, 5) is 24.8. The van der Waals surface area contributed by atoms with Gasteiger partial charge in [-0.25, -0.2) is 4.68 Å². The number of carbonyl (C=O) groups excluding carboxylic acids is 1. The van der Waals surface area contributed by atoms with E-state index in [1.54, 1.807) is 13.0 Å². The van der Waals surface area contributed by atoms with Gasteiger partial charge in [-0.2, -0.15) is 5.10 Å². The third-order valence-corrected chi connectivity index (χ3v) is 4.72. The minimum atomic E-state index is -0.747. The van der Waals surface area contributed by atoms with Crippen molar-refractivity contribution in [3.63, 3.8) is 0 Å². The van der Waals surface area contributed by atoms with Gasteiger partial charge in [0.2, 0.25) is 5.91 Å². The molecule has 0 fully saturated rings. The Balaban J connectivity index is 1.56. The molecule has 2 aromatic carbocycles. The zero-order chi connectivity index (χ0) is 22.2. The Morgan fingerprint density at radius 2 is 1.65 bits per heavy atom. The minimum Gasteiger partial charge on any atom is -0.494 e. The highest BCUT2D eigenvalue weighted by Gasteiger charge is 2.17. The van der Waals surface area contributed by atoms with Crippen LogP contribution in [0.2, 0.25) is 0 Å². The van der Waals surface area contributed by atoms with Crippen molar-refractivity contribution >= 4 is 5.91 Å². The van der Waals surface area contributed by atoms with E-state index in [1.165, 1.54) is 10.7 Å². The van der Waals surface area contributed by atoms with Gasteiger partial charge in [-0.15, -0.1) is 0 Å². The molecule has 1 amide bonds. The van der Waals surface area contributed by atoms with Crippen LogP contribution in [0.25, 0.3) is 11.3 Å². The SMILES string of the molecule is CCOc1ccc(OCCNC(=O)C(C)n2nc(-c3ccc(C)cc3)ccc2=O)cc1. The van der Waals surface area contributed by atoms with Crippen molar-refractivity contribution in [2.75, 3.05) is 19.8 Å². The number of aryl methyl sites for hydroxylation is 1. The maximum atomic E-state index is 12.5. The first-order chi connectivity index (χ1) is 15.0. The Labute approximate surface area is 181 Å². The van der Waals surface area contributed by atoms with Crippen molar-refractivity contribution in [2.45, 2.75) is 26.8 Å². The Morgan fingerprint density at radius 1 is 1.00 bits per heavy atom. The number of nitrogens with zero attached hydrogens (tertiary/aromatic N) is 2. The van der Waals surface area contributed by atoms with Gasteiger partial charge in [0.05, 0.1) is 18.8 Å². The molecule has 1 unspecified atom stereocenters. The topological polar surface area (TPSA) is 82.4 Å². The van der Waals surface area contributed by atoms with Crippen LogP contribution in [0.1, 0.15) is 25.5 Å². The summed E-state index contributed by atoms with van der Waals surface area (Å²) in [6.07, 6.45) is 0. The van der Waals surface area contributed by atoms with Gasteiger partial charge in [0.25, 0.3) is 5.56 Å². The number of aromatic nitrogens is 2. The molecule has 0 aliphatic carbocycles. The Hall–Kier alpha value is -3.61. The van der Waals surface area contributed by atoms with E-state index < -0.39 is 6.04 Å². The third kappa shape index (κ3) is 5.94. The van der Waals surface area contributed by atoms with Crippen LogP contribution in [0.4, 0.5) is 0 Å². The predicted molar refractivity (Wildman–Crippen MR) is 119 cm³/mol. The van der Waals surface area contributed by atoms with Crippen LogP contribution < -0.4 is 20.3 Å². The Morgan fingerprint density at radius 3 is 2.29 bits per heavy atom. The van der Waals surface area contributed by atoms with Crippen molar-refractivity contribution in [2.24, 2.45) is 0 Å². The molecule has 0 aliphatic heterocycles. The average Bonchev–Trinajstić information content (AvgIpc) is 2.78. The Bertz CT molecular complexity index is 1060. The van der Waals surface area contributed by atoms with Crippen LogP contribution in [0, 0.1) is 6.92 Å². The second-order valence-electron chi connectivity index (χ2n) is 7.09. The van der Waals surface area contributed by atoms with Crippen molar-refractivity contribution in [3.05, 3.63) is 76.6 Å². The van der Waals surface area contributed by atoms with Crippen LogP contribution in [-0.2, 0) is 4.79 Å². The fraction of sp³-hybridized carbons (Fsp3) is 0.292. The summed E-state index contributed by atoms with van der Waals surface area (Å²) in [6, 6.07) is 17.5. The lowest BCUT2D eigenvalue weighted by atomic mass is 10.1.